The van der Waals surface area contributed by atoms with Crippen LogP contribution in [-0.2, 0) is 16.1 Å². The maximum Gasteiger partial charge on any atom is 0.261 e. The average molecular weight is 566 g/mol. The topological polar surface area (TPSA) is 58.6 Å². The molecule has 0 aliphatic heterocycles. The van der Waals surface area contributed by atoms with Gasteiger partial charge in [-0.3, -0.25) is 9.59 Å². The molecule has 0 aromatic heterocycles. The first-order valence-electron chi connectivity index (χ1n) is 11.1. The third-order valence-corrected chi connectivity index (χ3v) is 7.07. The highest BCUT2D eigenvalue weighted by Gasteiger charge is 2.26. The van der Waals surface area contributed by atoms with Crippen LogP contribution in [-0.4, -0.2) is 35.9 Å². The monoisotopic (exact) mass is 564 g/mol. The van der Waals surface area contributed by atoms with Gasteiger partial charge in [0.15, 0.2) is 6.61 Å². The number of carbonyl (C=O) groups excluding carboxylic acids is 2. The van der Waals surface area contributed by atoms with Gasteiger partial charge in [0.25, 0.3) is 5.91 Å². The van der Waals surface area contributed by atoms with E-state index < -0.39 is 6.04 Å². The summed E-state index contributed by atoms with van der Waals surface area (Å²) in [6, 6.07) is 16.1. The summed E-state index contributed by atoms with van der Waals surface area (Å²) in [5.74, 6) is 0.0274. The molecule has 5 nitrogen and oxygen atoms in total. The van der Waals surface area contributed by atoms with Crippen LogP contribution < -0.4 is 10.1 Å². The lowest BCUT2D eigenvalue weighted by Crippen LogP contribution is -2.49. The molecule has 0 bridgehead atoms. The third kappa shape index (κ3) is 6.65. The van der Waals surface area contributed by atoms with Gasteiger partial charge in [-0.15, -0.1) is 0 Å². The van der Waals surface area contributed by atoms with Crippen LogP contribution in [0.1, 0.15) is 32.3 Å². The van der Waals surface area contributed by atoms with E-state index in [0.29, 0.717) is 22.3 Å². The van der Waals surface area contributed by atoms with E-state index in [9.17, 15) is 9.59 Å². The van der Waals surface area contributed by atoms with E-state index in [-0.39, 0.29) is 25.0 Å². The SMILES string of the molecule is CCCCNC(=O)C(C)N(Cc1ccc(Cl)c(Cl)c1)C(=O)COc1ccc2ccccc2c1Br. The molecule has 0 radical (unpaired) electrons. The zero-order valence-electron chi connectivity index (χ0n) is 19.1. The first kappa shape index (κ1) is 26.3. The van der Waals surface area contributed by atoms with E-state index in [2.05, 4.69) is 28.2 Å². The van der Waals surface area contributed by atoms with Crippen molar-refractivity contribution in [2.45, 2.75) is 39.3 Å². The van der Waals surface area contributed by atoms with Crippen molar-refractivity contribution in [2.75, 3.05) is 13.2 Å². The highest BCUT2D eigenvalue weighted by molar-refractivity contribution is 9.10. The molecule has 180 valence electrons. The number of hydrogen-bond acceptors (Lipinski definition) is 3. The van der Waals surface area contributed by atoms with Gasteiger partial charge < -0.3 is 15.0 Å². The number of halogens is 3. The van der Waals surface area contributed by atoms with E-state index in [4.69, 9.17) is 27.9 Å². The summed E-state index contributed by atoms with van der Waals surface area (Å²) in [5.41, 5.74) is 0.767. The van der Waals surface area contributed by atoms with Gasteiger partial charge in [0.2, 0.25) is 5.91 Å². The molecule has 1 unspecified atom stereocenters. The Bertz CT molecular complexity index is 1170. The van der Waals surface area contributed by atoms with E-state index in [1.165, 1.54) is 4.90 Å². The Morgan fingerprint density at radius 1 is 1.09 bits per heavy atom. The summed E-state index contributed by atoms with van der Waals surface area (Å²) in [5, 5.41) is 5.77. The Balaban J connectivity index is 1.78. The molecule has 1 atom stereocenters. The molecule has 0 aliphatic carbocycles. The second-order valence-electron chi connectivity index (χ2n) is 7.98. The maximum atomic E-state index is 13.3. The molecule has 0 saturated carbocycles. The van der Waals surface area contributed by atoms with Gasteiger partial charge in [0.05, 0.1) is 14.5 Å². The number of rotatable bonds is 10. The van der Waals surface area contributed by atoms with Crippen molar-refractivity contribution >= 4 is 61.7 Å². The summed E-state index contributed by atoms with van der Waals surface area (Å²) in [7, 11) is 0. The molecule has 3 rings (SSSR count). The summed E-state index contributed by atoms with van der Waals surface area (Å²) < 4.78 is 6.66. The summed E-state index contributed by atoms with van der Waals surface area (Å²) in [6.07, 6.45) is 1.84. The predicted molar refractivity (Wildman–Crippen MR) is 142 cm³/mol. The fourth-order valence-corrected chi connectivity index (χ4v) is 4.43. The number of nitrogens with zero attached hydrogens (tertiary/aromatic N) is 1. The van der Waals surface area contributed by atoms with E-state index in [1.807, 2.05) is 36.4 Å². The molecule has 0 aliphatic rings. The van der Waals surface area contributed by atoms with Gasteiger partial charge in [0, 0.05) is 13.1 Å². The van der Waals surface area contributed by atoms with Crippen molar-refractivity contribution in [1.29, 1.82) is 0 Å². The van der Waals surface area contributed by atoms with Gasteiger partial charge in [-0.1, -0.05) is 72.9 Å². The molecule has 3 aromatic carbocycles. The molecule has 0 heterocycles. The van der Waals surface area contributed by atoms with Crippen LogP contribution in [0, 0.1) is 0 Å². The van der Waals surface area contributed by atoms with Crippen LogP contribution >= 0.6 is 39.1 Å². The second kappa shape index (κ2) is 12.4. The highest BCUT2D eigenvalue weighted by atomic mass is 79.9. The Labute approximate surface area is 218 Å². The first-order chi connectivity index (χ1) is 16.3. The number of amides is 2. The van der Waals surface area contributed by atoms with Crippen LogP contribution in [0.15, 0.2) is 59.1 Å². The minimum absolute atomic E-state index is 0.195. The standard InChI is InChI=1S/C26H27BrCl2N2O3/c1-3-4-13-30-26(33)17(2)31(15-18-9-11-21(28)22(29)14-18)24(32)16-34-23-12-10-19-7-5-6-8-20(19)25(23)27/h5-12,14,17H,3-4,13,15-16H2,1-2H3,(H,30,33). The van der Waals surface area contributed by atoms with Crippen molar-refractivity contribution < 1.29 is 14.3 Å². The minimum atomic E-state index is -0.692. The molecule has 0 saturated heterocycles. The van der Waals surface area contributed by atoms with E-state index in [0.717, 1.165) is 33.7 Å². The summed E-state index contributed by atoms with van der Waals surface area (Å²) >= 11 is 15.8. The molecule has 8 heteroatoms. The van der Waals surface area contributed by atoms with Crippen LogP contribution in [0.4, 0.5) is 0 Å². The number of benzene rings is 3. The zero-order valence-corrected chi connectivity index (χ0v) is 22.2. The van der Waals surface area contributed by atoms with Crippen molar-refractivity contribution in [2.24, 2.45) is 0 Å². The fraction of sp³-hybridized carbons (Fsp3) is 0.308. The minimum Gasteiger partial charge on any atom is -0.483 e. The van der Waals surface area contributed by atoms with Gasteiger partial charge in [-0.25, -0.2) is 0 Å². The Hall–Kier alpha value is -2.28. The quantitative estimate of drug-likeness (QED) is 0.281. The Kier molecular flexibility index (Phi) is 9.63. The third-order valence-electron chi connectivity index (χ3n) is 5.51. The average Bonchev–Trinajstić information content (AvgIpc) is 2.84. The number of fused-ring (bicyclic) bond motifs is 1. The Morgan fingerprint density at radius 2 is 1.85 bits per heavy atom. The molecule has 0 spiro atoms. The molecular weight excluding hydrogens is 539 g/mol. The van der Waals surface area contributed by atoms with Gasteiger partial charge in [-0.05, 0) is 63.8 Å². The number of nitrogens with one attached hydrogen (secondary N) is 1. The summed E-state index contributed by atoms with van der Waals surface area (Å²) in [4.78, 5) is 27.5. The fourth-order valence-electron chi connectivity index (χ4n) is 3.50. The lowest BCUT2D eigenvalue weighted by molar-refractivity contribution is -0.142. The molecule has 3 aromatic rings. The number of hydrogen-bond donors (Lipinski definition) is 1. The van der Waals surface area contributed by atoms with Crippen LogP contribution in [0.25, 0.3) is 10.8 Å². The van der Waals surface area contributed by atoms with Crippen molar-refractivity contribution in [3.8, 4) is 5.75 Å². The zero-order chi connectivity index (χ0) is 24.7. The lowest BCUT2D eigenvalue weighted by atomic mass is 10.1. The predicted octanol–water partition coefficient (Wildman–Crippen LogP) is 6.62. The van der Waals surface area contributed by atoms with Crippen molar-refractivity contribution in [1.82, 2.24) is 10.2 Å². The van der Waals surface area contributed by atoms with Gasteiger partial charge >= 0.3 is 0 Å². The molecule has 0 fully saturated rings. The Morgan fingerprint density at radius 3 is 2.59 bits per heavy atom. The molecule has 1 N–H and O–H groups in total. The number of carbonyl (C=O) groups is 2. The normalized spacial score (nSPS) is 11.8. The number of ether oxygens (including phenoxy) is 1. The van der Waals surface area contributed by atoms with Crippen molar-refractivity contribution in [3.05, 3.63) is 74.7 Å². The summed E-state index contributed by atoms with van der Waals surface area (Å²) in [6.45, 7) is 4.31. The van der Waals surface area contributed by atoms with Crippen LogP contribution in [0.2, 0.25) is 10.0 Å². The second-order valence-corrected chi connectivity index (χ2v) is 9.59. The molecule has 34 heavy (non-hydrogen) atoms. The van der Waals surface area contributed by atoms with Crippen LogP contribution in [0.3, 0.4) is 0 Å². The highest BCUT2D eigenvalue weighted by Crippen LogP contribution is 2.33. The van der Waals surface area contributed by atoms with Crippen molar-refractivity contribution in [3.63, 3.8) is 0 Å². The number of unbranched alkanes of at least 4 members (excludes halogenated alkanes) is 1. The first-order valence-corrected chi connectivity index (χ1v) is 12.7. The molecular formula is C26H27BrCl2N2O3. The lowest BCUT2D eigenvalue weighted by Gasteiger charge is -2.29. The van der Waals surface area contributed by atoms with Gasteiger partial charge in [-0.2, -0.15) is 0 Å². The van der Waals surface area contributed by atoms with E-state index in [1.54, 1.807) is 25.1 Å². The van der Waals surface area contributed by atoms with Gasteiger partial charge in [0.1, 0.15) is 11.8 Å². The van der Waals surface area contributed by atoms with Crippen LogP contribution in [0.5, 0.6) is 5.75 Å². The maximum absolute atomic E-state index is 13.3. The smallest absolute Gasteiger partial charge is 0.261 e. The van der Waals surface area contributed by atoms with E-state index >= 15 is 0 Å². The molecule has 2 amide bonds. The largest absolute Gasteiger partial charge is 0.483 e.